The lowest BCUT2D eigenvalue weighted by Crippen LogP contribution is -2.48. The summed E-state index contributed by atoms with van der Waals surface area (Å²) in [5.74, 6) is -12.4. The van der Waals surface area contributed by atoms with E-state index in [1.807, 2.05) is 0 Å². The van der Waals surface area contributed by atoms with E-state index in [1.165, 1.54) is 54.6 Å². The Labute approximate surface area is 667 Å². The lowest BCUT2D eigenvalue weighted by atomic mass is 9.97. The van der Waals surface area contributed by atoms with Gasteiger partial charge in [-0.05, 0) is 132 Å². The highest BCUT2D eigenvalue weighted by atomic mass is 32.2. The van der Waals surface area contributed by atoms with Gasteiger partial charge in [-0.1, -0.05) is 115 Å². The number of hydrogen-bond donors (Lipinski definition) is 0. The number of benzene rings is 8. The van der Waals surface area contributed by atoms with E-state index in [1.54, 1.807) is 0 Å². The summed E-state index contributed by atoms with van der Waals surface area (Å²) < 4.78 is 518. The van der Waals surface area contributed by atoms with Crippen molar-refractivity contribution >= 4 is 57.1 Å². The number of carbonyl (C=O) groups is 2. The Morgan fingerprint density at radius 2 is 1.10 bits per heavy atom. The molecule has 0 spiro atoms. The third-order valence-electron chi connectivity index (χ3n) is 14.8. The molecule has 550 valence electrons. The molecule has 0 N–H and O–H groups in total. The van der Waals surface area contributed by atoms with Crippen molar-refractivity contribution in [3.05, 3.63) is 270 Å². The average molecular weight is 1530 g/mol. The number of rotatable bonds is 24. The minimum atomic E-state index is -5.51. The third-order valence-corrected chi connectivity index (χ3v) is 16.4. The second-order valence-corrected chi connectivity index (χ2v) is 23.3. The van der Waals surface area contributed by atoms with Crippen molar-refractivity contribution in [2.45, 2.75) is 104 Å². The van der Waals surface area contributed by atoms with Crippen LogP contribution in [0.1, 0.15) is 121 Å². The smallest absolute Gasteiger partial charge is 0.383 e. The highest BCUT2D eigenvalue weighted by Gasteiger charge is 2.34. The zero-order valence-corrected chi connectivity index (χ0v) is 55.8. The number of amides is 2. The number of aromatic nitrogens is 2. The molecule has 2 amide bonds. The molecule has 10 aromatic rings. The molecular weight excluding hydrogens is 1410 g/mol. The second kappa shape index (κ2) is 34.9. The molecule has 12 rings (SSSR count). The van der Waals surface area contributed by atoms with Crippen LogP contribution in [-0.2, 0) is 68.9 Å². The number of carbonyl (C=O) groups excluding carboxylic acids is 2. The molecule has 2 aliphatic rings. The first-order valence-corrected chi connectivity index (χ1v) is 31.9. The van der Waals surface area contributed by atoms with Crippen molar-refractivity contribution in [2.24, 2.45) is 0 Å². The molecule has 0 aliphatic carbocycles. The molecule has 105 heavy (non-hydrogen) atoms. The summed E-state index contributed by atoms with van der Waals surface area (Å²) in [5, 5.41) is -4.13. The van der Waals surface area contributed by atoms with E-state index in [-0.39, 0.29) is 43.0 Å². The van der Waals surface area contributed by atoms with Gasteiger partial charge in [0.05, 0.1) is 74.2 Å². The van der Waals surface area contributed by atoms with Gasteiger partial charge < -0.3 is 38.2 Å². The molecule has 12 nitrogen and oxygen atoms in total. The molecule has 2 aromatic heterocycles. The normalized spacial score (nSPS) is 24.8. The zero-order valence-electron chi connectivity index (χ0n) is 95.2. The van der Waals surface area contributed by atoms with Crippen LogP contribution in [0, 0.1) is 30.2 Å². The number of fused-ring (bicyclic) bond motifs is 2. The largest absolute Gasteiger partial charge is 0.416 e. The van der Waals surface area contributed by atoms with E-state index in [0.29, 0.717) is 22.3 Å². The van der Waals surface area contributed by atoms with Crippen molar-refractivity contribution in [1.29, 1.82) is 0 Å². The fraction of sp³-hybridized carbons (Fsp3) is 0.309. The van der Waals surface area contributed by atoms with Gasteiger partial charge in [-0.15, -0.1) is 23.5 Å². The van der Waals surface area contributed by atoms with E-state index in [4.69, 9.17) is 46.5 Å². The fourth-order valence-corrected chi connectivity index (χ4v) is 10.9. The number of para-hydroxylation sites is 2. The molecule has 0 bridgehead atoms. The average Bonchev–Trinajstić information content (AvgIpc) is 0.665. The molecule has 0 radical (unpaired) electrons. The van der Waals surface area contributed by atoms with Crippen molar-refractivity contribution < 1.29 is 119 Å². The number of hydrogen-bond acceptors (Lipinski definition) is 10. The first-order chi connectivity index (χ1) is 66.5. The molecule has 8 aromatic carbocycles. The number of methoxy groups -OCH3 is 2. The van der Waals surface area contributed by atoms with Crippen LogP contribution in [0.15, 0.2) is 207 Å². The van der Waals surface area contributed by atoms with Crippen LogP contribution in [-0.4, -0.2) is 119 Å². The minimum Gasteiger partial charge on any atom is -0.383 e. The van der Waals surface area contributed by atoms with Crippen molar-refractivity contribution in [3.8, 4) is 22.3 Å². The highest BCUT2D eigenvalue weighted by molar-refractivity contribution is 7.98. The maximum atomic E-state index is 15.9. The van der Waals surface area contributed by atoms with Crippen LogP contribution < -0.4 is 10.9 Å². The van der Waals surface area contributed by atoms with E-state index in [0.717, 1.165) is 51.5 Å². The van der Waals surface area contributed by atoms with Gasteiger partial charge in [0.1, 0.15) is 13.0 Å². The summed E-state index contributed by atoms with van der Waals surface area (Å²) in [6.07, 6.45) is -27.1. The first kappa shape index (κ1) is 40.1. The monoisotopic (exact) mass is 1530 g/mol. The molecule has 24 heteroatoms. The highest BCUT2D eigenvalue weighted by Crippen LogP contribution is 2.36. The Kier molecular flexibility index (Phi) is 13.3. The van der Waals surface area contributed by atoms with Gasteiger partial charge in [0.25, 0.3) is 0 Å². The SMILES string of the molecule is [2H]C([2H])(Sc1cc(=O)c2ccccc2n1C([2H])([2H])C(=O)N(Cc1ccc(-c2ccc(C(F)(F)F)cc2)cc1)C1([2H])C([2H])([2H])C([2H])([2H])N(CCOC)C([2H])([2H])C1([2H])[2H])c1cccc(F)c1F.[2H]c1c([2H])c(F)c(F)c(C([2H])([2H])Sc2c([2H])c(=O)c3c([2H])c([2H])c([2H])c([2H])c3n2C([2H])([2H])C(=O)N(Cc2c([2H])c([2H])c(-c3c([2H])c([2H])c(C(F)(F)F)c([2H])c3[2H])c([2H])c2C)C2([2H])C([2H])([2H])C([2H])([2H])N(CCOC)C([2H])([2H])C2([2H])[2H])c1[2H]. The number of ether oxygens (including phenoxy) is 2. The second-order valence-electron chi connectivity index (χ2n) is 21.7. The summed E-state index contributed by atoms with van der Waals surface area (Å²) in [5.41, 5.74) is -21.2. The van der Waals surface area contributed by atoms with Gasteiger partial charge in [-0.2, -0.15) is 26.3 Å². The minimum absolute atomic E-state index is 0.0222. The summed E-state index contributed by atoms with van der Waals surface area (Å²) in [4.78, 5) is 58.3. The van der Waals surface area contributed by atoms with E-state index in [2.05, 4.69) is 0 Å². The molecule has 0 unspecified atom stereocenters. The number of pyridine rings is 2. The van der Waals surface area contributed by atoms with Gasteiger partial charge >= 0.3 is 12.4 Å². The van der Waals surface area contributed by atoms with Gasteiger partial charge in [0, 0.05) is 151 Å². The number of halogens is 10. The molecule has 2 aliphatic heterocycles. The van der Waals surface area contributed by atoms with Crippen LogP contribution in [0.4, 0.5) is 43.9 Å². The van der Waals surface area contributed by atoms with Crippen LogP contribution in [0.25, 0.3) is 44.1 Å². The summed E-state index contributed by atoms with van der Waals surface area (Å²) in [6, 6.07) is -14.0. The summed E-state index contributed by atoms with van der Waals surface area (Å²) >= 11 is -0.821. The van der Waals surface area contributed by atoms with Crippen LogP contribution in [0.5, 0.6) is 0 Å². The Bertz CT molecular complexity index is 6930. The quantitative estimate of drug-likeness (QED) is 0.0428. The third kappa shape index (κ3) is 19.3. The number of piperidine rings is 2. The first-order valence-electron chi connectivity index (χ1n) is 50.8. The Morgan fingerprint density at radius 3 is 1.71 bits per heavy atom. The standard InChI is InChI=1S/C41H40F5N3O3S.C40H38F5N3O3S/c1-27-22-29(28-12-14-32(15-13-28)41(44,45)46)10-11-30(27)24-48(33-16-18-47(19-17-33)20-21-52-2)38(51)25-49-36-9-4-3-7-34(36)37(50)23-39(49)53-26-31-6-5-8-35(42)40(31)43;1-51-22-21-46-19-17-32(18-20-46)47(24-27-9-11-28(12-10-27)29-13-15-31(16-14-29)40(43,44)45)37(50)25-48-35-8-3-2-6-33(35)36(49)23-38(48)52-26-30-5-4-7-34(41)39(30)42/h3-15,22-23,33H,16-21,24-26H2,1-2H3;2-16,23,32H,17-22,24-26H2,1H3/i3D,4D,5D,6D,7D,8D,9D,10D,11D,12D,13D,14D,15D,16D2,17D2,18D2,19D2,22D,23D,25D2,26D2,33D;17D2,18D2,19D2,20D2,25D2,26D2,32D. The number of nitrogens with zero attached hydrogens (tertiary/aromatic N) is 6. The van der Waals surface area contributed by atoms with E-state index in [9.17, 15) is 59.5 Å². The van der Waals surface area contributed by atoms with Crippen molar-refractivity contribution in [3.63, 3.8) is 0 Å². The number of alkyl halides is 6. The van der Waals surface area contributed by atoms with Gasteiger partial charge in [0.2, 0.25) is 11.8 Å². The molecule has 2 saturated heterocycles. The van der Waals surface area contributed by atoms with Gasteiger partial charge in [-0.3, -0.25) is 19.2 Å². The number of likely N-dealkylation sites (tertiary alicyclic amines) is 2. The molecule has 0 atom stereocenters. The lowest BCUT2D eigenvalue weighted by Gasteiger charge is -2.39. The maximum Gasteiger partial charge on any atom is 0.416 e. The van der Waals surface area contributed by atoms with E-state index < -0.39 is 368 Å². The topological polar surface area (TPSA) is 110 Å². The molecule has 4 heterocycles. The predicted octanol–water partition coefficient (Wildman–Crippen LogP) is 17.1. The fourth-order valence-electron chi connectivity index (χ4n) is 9.46. The summed E-state index contributed by atoms with van der Waals surface area (Å²) in [7, 11) is 2.17. The predicted molar refractivity (Wildman–Crippen MR) is 391 cm³/mol. The molecular formula is C81H78F10N6O6S2. The summed E-state index contributed by atoms with van der Waals surface area (Å²) in [6.45, 7) is -29.4. The Morgan fingerprint density at radius 1 is 0.543 bits per heavy atom. The van der Waals surface area contributed by atoms with Gasteiger partial charge in [0.15, 0.2) is 34.1 Å². The molecule has 0 saturated carbocycles. The lowest BCUT2D eigenvalue weighted by molar-refractivity contribution is -0.138. The van der Waals surface area contributed by atoms with Crippen LogP contribution in [0.2, 0.25) is 0 Å². The van der Waals surface area contributed by atoms with Gasteiger partial charge in [-0.25, -0.2) is 17.6 Å². The Hall–Kier alpha value is -9.04. The van der Waals surface area contributed by atoms with Crippen LogP contribution >= 0.6 is 23.5 Å². The zero-order chi connectivity index (χ0) is 111. The Balaban J connectivity index is 0.000000284. The number of thioether (sulfide) groups is 2. The van der Waals surface area contributed by atoms with Crippen molar-refractivity contribution in [1.82, 2.24) is 28.7 Å². The maximum absolute atomic E-state index is 15.9. The molecule has 2 fully saturated rings. The van der Waals surface area contributed by atoms with E-state index >= 15 is 22.8 Å². The van der Waals surface area contributed by atoms with Crippen LogP contribution in [0.3, 0.4) is 0 Å². The van der Waals surface area contributed by atoms with Crippen molar-refractivity contribution in [2.75, 3.05) is 66.5 Å².